The molecule has 2 rings (SSSR count). The third kappa shape index (κ3) is 4.66. The van der Waals surface area contributed by atoms with Gasteiger partial charge in [0.15, 0.2) is 5.11 Å². The smallest absolute Gasteiger partial charge is 0.187 e. The zero-order valence-electron chi connectivity index (χ0n) is 12.1. The molecule has 0 amide bonds. The Morgan fingerprint density at radius 3 is 2.52 bits per heavy atom. The maximum absolute atomic E-state index is 12.8. The number of hydrazone groups is 1. The summed E-state index contributed by atoms with van der Waals surface area (Å²) < 4.78 is 12.8. The Balaban J connectivity index is 1.88. The zero-order chi connectivity index (χ0) is 17.0. The van der Waals surface area contributed by atoms with Gasteiger partial charge in [0.1, 0.15) is 18.0 Å². The van der Waals surface area contributed by atoms with Gasteiger partial charge in [-0.1, -0.05) is 12.1 Å². The highest BCUT2D eigenvalue weighted by molar-refractivity contribution is 7.80. The Labute approximate surface area is 137 Å². The van der Waals surface area contributed by atoms with E-state index in [4.69, 9.17) is 12.2 Å². The number of aliphatic hydroxyl groups excluding tert-OH is 4. The third-order valence-electron chi connectivity index (χ3n) is 3.48. The van der Waals surface area contributed by atoms with Crippen molar-refractivity contribution in [3.8, 4) is 0 Å². The minimum absolute atomic E-state index is 0.103. The lowest BCUT2D eigenvalue weighted by molar-refractivity contribution is -0.0652. The van der Waals surface area contributed by atoms with Crippen LogP contribution in [0.25, 0.3) is 0 Å². The zero-order valence-corrected chi connectivity index (χ0v) is 12.9. The Morgan fingerprint density at radius 1 is 1.22 bits per heavy atom. The topological polar surface area (TPSA) is 117 Å². The highest BCUT2D eigenvalue weighted by Crippen LogP contribution is 2.18. The van der Waals surface area contributed by atoms with Crippen LogP contribution in [0, 0.1) is 5.82 Å². The number of thiocarbonyl (C=S) groups is 1. The molecule has 6 N–H and O–H groups in total. The van der Waals surface area contributed by atoms with Gasteiger partial charge in [0.2, 0.25) is 0 Å². The van der Waals surface area contributed by atoms with Gasteiger partial charge in [-0.05, 0) is 29.9 Å². The molecule has 23 heavy (non-hydrogen) atoms. The van der Waals surface area contributed by atoms with E-state index in [0.717, 1.165) is 5.56 Å². The molecule has 126 valence electrons. The minimum Gasteiger partial charge on any atom is -0.390 e. The van der Waals surface area contributed by atoms with Crippen molar-refractivity contribution in [2.75, 3.05) is 0 Å². The quantitative estimate of drug-likeness (QED) is 0.308. The van der Waals surface area contributed by atoms with Crippen LogP contribution in [0.3, 0.4) is 0 Å². The molecule has 0 saturated heterocycles. The Bertz CT molecular complexity index is 584. The normalized spacial score (nSPS) is 29.3. The number of aliphatic hydroxyl groups is 4. The second-order valence-electron chi connectivity index (χ2n) is 5.21. The first-order valence-electron chi connectivity index (χ1n) is 6.96. The van der Waals surface area contributed by atoms with Crippen LogP contribution in [0.2, 0.25) is 0 Å². The van der Waals surface area contributed by atoms with Crippen molar-refractivity contribution in [3.63, 3.8) is 0 Å². The molecule has 4 atom stereocenters. The molecule has 1 aliphatic rings. The summed E-state index contributed by atoms with van der Waals surface area (Å²) >= 11 is 5.00. The van der Waals surface area contributed by atoms with Gasteiger partial charge in [-0.15, -0.1) is 0 Å². The fraction of sp³-hybridized carbons (Fsp3) is 0.429. The summed E-state index contributed by atoms with van der Waals surface area (Å²) in [6.45, 7) is 0.337. The Morgan fingerprint density at radius 2 is 1.87 bits per heavy atom. The fourth-order valence-electron chi connectivity index (χ4n) is 2.15. The lowest BCUT2D eigenvalue weighted by Gasteiger charge is -2.32. The van der Waals surface area contributed by atoms with Crippen molar-refractivity contribution >= 4 is 23.0 Å². The van der Waals surface area contributed by atoms with E-state index in [1.54, 1.807) is 12.1 Å². The van der Waals surface area contributed by atoms with E-state index in [9.17, 15) is 24.8 Å². The predicted molar refractivity (Wildman–Crippen MR) is 85.1 cm³/mol. The molecular formula is C14H18FN3O4S. The van der Waals surface area contributed by atoms with Gasteiger partial charge < -0.3 is 25.7 Å². The van der Waals surface area contributed by atoms with E-state index < -0.39 is 24.4 Å². The maximum Gasteiger partial charge on any atom is 0.187 e. The van der Waals surface area contributed by atoms with E-state index in [2.05, 4.69) is 15.8 Å². The molecule has 0 bridgehead atoms. The van der Waals surface area contributed by atoms with Crippen molar-refractivity contribution < 1.29 is 24.8 Å². The first-order chi connectivity index (χ1) is 10.9. The number of halogens is 1. The van der Waals surface area contributed by atoms with E-state index in [-0.39, 0.29) is 23.1 Å². The van der Waals surface area contributed by atoms with Crippen LogP contribution in [0.4, 0.5) is 4.39 Å². The number of rotatable bonds is 3. The summed E-state index contributed by atoms with van der Waals surface area (Å²) in [5.41, 5.74) is 3.15. The second kappa shape index (κ2) is 7.75. The first kappa shape index (κ1) is 17.7. The van der Waals surface area contributed by atoms with Crippen molar-refractivity contribution in [1.29, 1.82) is 0 Å². The summed E-state index contributed by atoms with van der Waals surface area (Å²) in [6, 6.07) is 5.86. The van der Waals surface area contributed by atoms with Gasteiger partial charge in [0.25, 0.3) is 0 Å². The number of benzene rings is 1. The van der Waals surface area contributed by atoms with Gasteiger partial charge >= 0.3 is 0 Å². The molecule has 1 aromatic rings. The van der Waals surface area contributed by atoms with Crippen LogP contribution >= 0.6 is 12.2 Å². The summed E-state index contributed by atoms with van der Waals surface area (Å²) in [5.74, 6) is -0.332. The molecule has 1 aliphatic carbocycles. The Kier molecular flexibility index (Phi) is 5.97. The van der Waals surface area contributed by atoms with Gasteiger partial charge in [-0.2, -0.15) is 5.10 Å². The van der Waals surface area contributed by atoms with E-state index in [1.165, 1.54) is 12.1 Å². The van der Waals surface area contributed by atoms with E-state index >= 15 is 0 Å². The van der Waals surface area contributed by atoms with Crippen LogP contribution in [-0.2, 0) is 6.54 Å². The average Bonchev–Trinajstić information content (AvgIpc) is 2.52. The van der Waals surface area contributed by atoms with Crippen molar-refractivity contribution in [3.05, 3.63) is 35.6 Å². The summed E-state index contributed by atoms with van der Waals surface area (Å²) in [7, 11) is 0. The Hall–Kier alpha value is -1.65. The van der Waals surface area contributed by atoms with Crippen molar-refractivity contribution in [1.82, 2.24) is 10.7 Å². The summed E-state index contributed by atoms with van der Waals surface area (Å²) in [4.78, 5) is 0. The van der Waals surface area contributed by atoms with E-state index in [0.29, 0.717) is 6.54 Å². The van der Waals surface area contributed by atoms with Crippen molar-refractivity contribution in [2.24, 2.45) is 5.10 Å². The molecule has 0 unspecified atom stereocenters. The van der Waals surface area contributed by atoms with Crippen LogP contribution in [0.1, 0.15) is 12.0 Å². The van der Waals surface area contributed by atoms with Crippen LogP contribution in [0.15, 0.2) is 29.4 Å². The molecule has 1 fully saturated rings. The lowest BCUT2D eigenvalue weighted by Crippen LogP contribution is -2.54. The highest BCUT2D eigenvalue weighted by atomic mass is 32.1. The molecule has 7 nitrogen and oxygen atoms in total. The standard InChI is InChI=1S/C14H18FN3O4S/c15-8-3-1-7(2-4-8)6-16-14(23)18-17-11-9(19)5-10(20)12(21)13(11)22/h1-4,9-10,12-13,19-22H,5-6H2,(H2,16,18,23)/b17-11-/t9-,10+,12+,13-/m1/s1. The average molecular weight is 343 g/mol. The minimum atomic E-state index is -1.49. The molecule has 0 aromatic heterocycles. The molecule has 0 heterocycles. The molecule has 0 radical (unpaired) electrons. The van der Waals surface area contributed by atoms with E-state index in [1.807, 2.05) is 0 Å². The van der Waals surface area contributed by atoms with Gasteiger partial charge in [0.05, 0.1) is 17.9 Å². The van der Waals surface area contributed by atoms with Gasteiger partial charge in [-0.25, -0.2) is 4.39 Å². The lowest BCUT2D eigenvalue weighted by atomic mass is 9.88. The summed E-state index contributed by atoms with van der Waals surface area (Å²) in [5, 5.41) is 45.3. The molecule has 1 saturated carbocycles. The maximum atomic E-state index is 12.8. The molecular weight excluding hydrogens is 325 g/mol. The van der Waals surface area contributed by atoms with Gasteiger partial charge in [0, 0.05) is 13.0 Å². The van der Waals surface area contributed by atoms with Crippen LogP contribution in [-0.4, -0.2) is 55.7 Å². The second-order valence-corrected chi connectivity index (χ2v) is 5.62. The number of hydrogen-bond acceptors (Lipinski definition) is 6. The molecule has 1 aromatic carbocycles. The predicted octanol–water partition coefficient (Wildman–Crippen LogP) is -1.01. The monoisotopic (exact) mass is 343 g/mol. The molecule has 9 heteroatoms. The number of nitrogens with zero attached hydrogens (tertiary/aromatic N) is 1. The van der Waals surface area contributed by atoms with Crippen molar-refractivity contribution in [2.45, 2.75) is 37.4 Å². The van der Waals surface area contributed by atoms with Gasteiger partial charge in [-0.3, -0.25) is 5.43 Å². The highest BCUT2D eigenvalue weighted by Gasteiger charge is 2.39. The van der Waals surface area contributed by atoms with Crippen LogP contribution in [0.5, 0.6) is 0 Å². The SMILES string of the molecule is O[C@@H]1[C@H](O)/C(=N\NC(=S)NCc2ccc(F)cc2)[C@H](O)C[C@@H]1O. The van der Waals surface area contributed by atoms with Crippen LogP contribution < -0.4 is 10.7 Å². The third-order valence-corrected chi connectivity index (χ3v) is 3.72. The first-order valence-corrected chi connectivity index (χ1v) is 7.37. The molecule has 0 spiro atoms. The number of hydrogen-bond donors (Lipinski definition) is 6. The fourth-order valence-corrected chi connectivity index (χ4v) is 2.27. The largest absolute Gasteiger partial charge is 0.390 e. The summed E-state index contributed by atoms with van der Waals surface area (Å²) in [6.07, 6.45) is -5.44. The molecule has 0 aliphatic heterocycles. The number of nitrogens with one attached hydrogen (secondary N) is 2.